The van der Waals surface area contributed by atoms with Gasteiger partial charge in [0.1, 0.15) is 5.82 Å². The molecule has 31 heavy (non-hydrogen) atoms. The number of ether oxygens (including phenoxy) is 1. The van der Waals surface area contributed by atoms with Crippen LogP contribution in [0.15, 0.2) is 6.07 Å². The fourth-order valence-corrected chi connectivity index (χ4v) is 6.98. The van der Waals surface area contributed by atoms with Gasteiger partial charge in [0, 0.05) is 30.4 Å². The molecule has 1 N–H and O–H groups in total. The predicted molar refractivity (Wildman–Crippen MR) is 116 cm³/mol. The Morgan fingerprint density at radius 1 is 1.13 bits per heavy atom. The maximum atomic E-state index is 5.52. The lowest BCUT2D eigenvalue weighted by Crippen LogP contribution is -2.63. The molecule has 0 spiro atoms. The van der Waals surface area contributed by atoms with Crippen molar-refractivity contribution in [2.75, 3.05) is 36.5 Å². The van der Waals surface area contributed by atoms with Crippen molar-refractivity contribution in [1.29, 1.82) is 0 Å². The highest BCUT2D eigenvalue weighted by molar-refractivity contribution is 5.47. The largest absolute Gasteiger partial charge is 0.378 e. The van der Waals surface area contributed by atoms with Gasteiger partial charge in [0.25, 0.3) is 0 Å². The quantitative estimate of drug-likeness (QED) is 0.782. The first-order chi connectivity index (χ1) is 15.0. The summed E-state index contributed by atoms with van der Waals surface area (Å²) >= 11 is 0. The van der Waals surface area contributed by atoms with Crippen LogP contribution in [-0.4, -0.2) is 62.0 Å². The second kappa shape index (κ2) is 7.12. The maximum Gasteiger partial charge on any atom is 0.227 e. The van der Waals surface area contributed by atoms with Crippen molar-refractivity contribution >= 4 is 11.8 Å². The number of anilines is 2. The van der Waals surface area contributed by atoms with Crippen molar-refractivity contribution in [2.24, 2.45) is 11.8 Å². The molecule has 0 aromatic carbocycles. The van der Waals surface area contributed by atoms with E-state index in [9.17, 15) is 0 Å². The van der Waals surface area contributed by atoms with Gasteiger partial charge < -0.3 is 15.0 Å². The van der Waals surface area contributed by atoms with Gasteiger partial charge in [-0.2, -0.15) is 9.78 Å². The predicted octanol–water partition coefficient (Wildman–Crippen LogP) is 2.33. The van der Waals surface area contributed by atoms with Crippen LogP contribution in [-0.2, 0) is 16.7 Å². The average molecular weight is 425 g/mol. The molecule has 5 fully saturated rings. The molecule has 9 heteroatoms. The number of nitrogens with one attached hydrogen (secondary N) is 1. The molecule has 3 heterocycles. The molecule has 1 aliphatic heterocycles. The van der Waals surface area contributed by atoms with Crippen LogP contribution in [0.2, 0.25) is 0 Å². The van der Waals surface area contributed by atoms with Crippen molar-refractivity contribution < 1.29 is 4.74 Å². The summed E-state index contributed by atoms with van der Waals surface area (Å²) in [6.45, 7) is 7.27. The van der Waals surface area contributed by atoms with E-state index in [-0.39, 0.29) is 11.1 Å². The molecule has 0 radical (unpaired) electrons. The van der Waals surface area contributed by atoms with Crippen LogP contribution in [0.5, 0.6) is 0 Å². The van der Waals surface area contributed by atoms with Gasteiger partial charge in [-0.05, 0) is 68.9 Å². The summed E-state index contributed by atoms with van der Waals surface area (Å²) in [7, 11) is 0. The summed E-state index contributed by atoms with van der Waals surface area (Å²) in [6, 6.07) is 2.15. The van der Waals surface area contributed by atoms with E-state index in [0.29, 0.717) is 11.8 Å². The number of rotatable bonds is 5. The molecule has 2 aromatic rings. The van der Waals surface area contributed by atoms with Crippen molar-refractivity contribution in [1.82, 2.24) is 30.2 Å². The molecular formula is C22H32N8O. The van der Waals surface area contributed by atoms with Crippen LogP contribution >= 0.6 is 0 Å². The standard InChI is InChI=1S/C22H32N8O/c1-3-18-9-19(24-20(23-18)29-4-6-31-7-5-29)25-21-10-16-8-17(11-21)13-22(12-16,14-21)30-27-15(2)26-28-30/h9,16-17H,3-8,10-14H2,1-2H3,(H,23,24,25). The molecule has 166 valence electrons. The minimum atomic E-state index is -0.00794. The minimum Gasteiger partial charge on any atom is -0.378 e. The lowest BCUT2D eigenvalue weighted by atomic mass is 9.50. The number of morpholine rings is 1. The van der Waals surface area contributed by atoms with Gasteiger partial charge in [-0.15, -0.1) is 10.2 Å². The van der Waals surface area contributed by atoms with E-state index < -0.39 is 0 Å². The Labute approximate surface area is 183 Å². The summed E-state index contributed by atoms with van der Waals surface area (Å²) in [6.07, 6.45) is 8.04. The molecule has 1 saturated heterocycles. The van der Waals surface area contributed by atoms with Gasteiger partial charge >= 0.3 is 0 Å². The van der Waals surface area contributed by atoms with Crippen molar-refractivity contribution in [3.63, 3.8) is 0 Å². The zero-order valence-electron chi connectivity index (χ0n) is 18.5. The van der Waals surface area contributed by atoms with Crippen LogP contribution in [0.1, 0.15) is 57.0 Å². The second-order valence-electron chi connectivity index (χ2n) is 10.2. The molecule has 2 unspecified atom stereocenters. The lowest BCUT2D eigenvalue weighted by molar-refractivity contribution is -0.0635. The highest BCUT2D eigenvalue weighted by Gasteiger charge is 2.60. The average Bonchev–Trinajstić information content (AvgIpc) is 3.20. The van der Waals surface area contributed by atoms with Crippen LogP contribution in [0.3, 0.4) is 0 Å². The van der Waals surface area contributed by atoms with Gasteiger partial charge in [-0.3, -0.25) is 0 Å². The zero-order valence-corrected chi connectivity index (χ0v) is 18.5. The molecule has 5 aliphatic rings. The van der Waals surface area contributed by atoms with Crippen LogP contribution in [0.25, 0.3) is 0 Å². The van der Waals surface area contributed by atoms with E-state index in [4.69, 9.17) is 14.7 Å². The van der Waals surface area contributed by atoms with Crippen molar-refractivity contribution in [3.8, 4) is 0 Å². The van der Waals surface area contributed by atoms with E-state index in [1.165, 1.54) is 32.1 Å². The first-order valence-electron chi connectivity index (χ1n) is 11.8. The fourth-order valence-electron chi connectivity index (χ4n) is 6.98. The van der Waals surface area contributed by atoms with Gasteiger partial charge in [-0.1, -0.05) is 6.92 Å². The molecule has 4 aliphatic carbocycles. The highest BCUT2D eigenvalue weighted by atomic mass is 16.5. The van der Waals surface area contributed by atoms with E-state index >= 15 is 0 Å². The first-order valence-corrected chi connectivity index (χ1v) is 11.8. The van der Waals surface area contributed by atoms with E-state index in [2.05, 4.69) is 38.6 Å². The Balaban J connectivity index is 1.32. The molecule has 4 saturated carbocycles. The fraction of sp³-hybridized carbons (Fsp3) is 0.773. The van der Waals surface area contributed by atoms with Gasteiger partial charge in [0.2, 0.25) is 5.95 Å². The van der Waals surface area contributed by atoms with Crippen molar-refractivity contribution in [2.45, 2.75) is 69.9 Å². The molecule has 9 nitrogen and oxygen atoms in total. The number of aryl methyl sites for hydroxylation is 2. The maximum absolute atomic E-state index is 5.52. The number of nitrogens with zero attached hydrogens (tertiary/aromatic N) is 7. The van der Waals surface area contributed by atoms with Crippen LogP contribution < -0.4 is 10.2 Å². The Kier molecular flexibility index (Phi) is 4.45. The molecule has 7 rings (SSSR count). The Morgan fingerprint density at radius 2 is 1.90 bits per heavy atom. The van der Waals surface area contributed by atoms with Gasteiger partial charge in [0.05, 0.1) is 18.8 Å². The third-order valence-electron chi connectivity index (χ3n) is 7.78. The number of hydrogen-bond donors (Lipinski definition) is 1. The third-order valence-corrected chi connectivity index (χ3v) is 7.78. The van der Waals surface area contributed by atoms with E-state index in [1.54, 1.807) is 0 Å². The highest BCUT2D eigenvalue weighted by Crippen LogP contribution is 2.60. The van der Waals surface area contributed by atoms with E-state index in [1.807, 2.05) is 11.7 Å². The number of hydrogen-bond acceptors (Lipinski definition) is 8. The number of tetrazole rings is 1. The summed E-state index contributed by atoms with van der Waals surface area (Å²) in [5.74, 6) is 3.99. The van der Waals surface area contributed by atoms with Gasteiger partial charge in [0.15, 0.2) is 5.82 Å². The Hall–Kier alpha value is -2.29. The summed E-state index contributed by atoms with van der Waals surface area (Å²) in [5, 5.41) is 17.2. The molecular weight excluding hydrogens is 392 g/mol. The van der Waals surface area contributed by atoms with Gasteiger partial charge in [-0.25, -0.2) is 4.98 Å². The lowest BCUT2D eigenvalue weighted by Gasteiger charge is -2.61. The summed E-state index contributed by atoms with van der Waals surface area (Å²) in [4.78, 5) is 14.0. The number of aromatic nitrogens is 6. The smallest absolute Gasteiger partial charge is 0.227 e. The Bertz CT molecular complexity index is 954. The summed E-state index contributed by atoms with van der Waals surface area (Å²) in [5.41, 5.74) is 1.13. The SMILES string of the molecule is CCc1cc(NC23CC4CC(C2)CC(n2nnc(C)n2)(C4)C3)nc(N2CCOCC2)n1. The van der Waals surface area contributed by atoms with Crippen LogP contribution in [0, 0.1) is 18.8 Å². The first kappa shape index (κ1) is 19.4. The van der Waals surface area contributed by atoms with E-state index in [0.717, 1.165) is 62.4 Å². The topological polar surface area (TPSA) is 93.9 Å². The van der Waals surface area contributed by atoms with Crippen molar-refractivity contribution in [3.05, 3.63) is 17.6 Å². The summed E-state index contributed by atoms with van der Waals surface area (Å²) < 4.78 is 5.52. The molecule has 2 atom stereocenters. The second-order valence-corrected chi connectivity index (χ2v) is 10.2. The monoisotopic (exact) mass is 424 g/mol. The molecule has 0 amide bonds. The van der Waals surface area contributed by atoms with Crippen LogP contribution in [0.4, 0.5) is 11.8 Å². The normalized spacial score (nSPS) is 34.3. The molecule has 2 aromatic heterocycles. The third kappa shape index (κ3) is 3.37. The zero-order chi connectivity index (χ0) is 21.1. The molecule has 4 bridgehead atoms. The minimum absolute atomic E-state index is 0.00794. The Morgan fingerprint density at radius 3 is 2.58 bits per heavy atom.